The smallest absolute Gasteiger partial charge is 0.348 e. The summed E-state index contributed by atoms with van der Waals surface area (Å²) in [4.78, 5) is 15.5. The summed E-state index contributed by atoms with van der Waals surface area (Å²) in [7, 11) is 0. The first-order chi connectivity index (χ1) is 8.99. The van der Waals surface area contributed by atoms with Gasteiger partial charge >= 0.3 is 5.69 Å². The Labute approximate surface area is 112 Å². The van der Waals surface area contributed by atoms with Crippen LogP contribution in [-0.4, -0.2) is 26.1 Å². The highest BCUT2D eigenvalue weighted by atomic mass is 16.1. The average Bonchev–Trinajstić information content (AvgIpc) is 2.70. The standard InChI is InChI=1S/C13H21N5O/c1-8(2)10(9(3)4)6-14-11-5-12-16-17-13(19)18(12)7-15-11/h5,7-10,14H,6H2,1-4H3,(H,17,19). The lowest BCUT2D eigenvalue weighted by Gasteiger charge is -2.25. The van der Waals surface area contributed by atoms with Gasteiger partial charge in [0.05, 0.1) is 0 Å². The van der Waals surface area contributed by atoms with Crippen LogP contribution in [0.5, 0.6) is 0 Å². The number of aromatic nitrogens is 4. The quantitative estimate of drug-likeness (QED) is 0.862. The highest BCUT2D eigenvalue weighted by molar-refractivity contribution is 5.48. The van der Waals surface area contributed by atoms with E-state index in [0.717, 1.165) is 12.4 Å². The van der Waals surface area contributed by atoms with Gasteiger partial charge in [-0.3, -0.25) is 0 Å². The molecule has 0 atom stereocenters. The molecule has 2 N–H and O–H groups in total. The summed E-state index contributed by atoms with van der Waals surface area (Å²) in [6.45, 7) is 9.80. The molecule has 0 spiro atoms. The van der Waals surface area contributed by atoms with Crippen molar-refractivity contribution in [3.63, 3.8) is 0 Å². The summed E-state index contributed by atoms with van der Waals surface area (Å²) < 4.78 is 1.38. The zero-order valence-corrected chi connectivity index (χ0v) is 11.8. The number of H-pyrrole nitrogens is 1. The Bertz CT molecular complexity index is 590. The molecule has 0 aromatic carbocycles. The summed E-state index contributed by atoms with van der Waals surface area (Å²) in [5.74, 6) is 2.56. The van der Waals surface area contributed by atoms with Gasteiger partial charge in [-0.05, 0) is 17.8 Å². The van der Waals surface area contributed by atoms with Crippen LogP contribution in [-0.2, 0) is 0 Å². The first kappa shape index (κ1) is 13.6. The van der Waals surface area contributed by atoms with E-state index in [0.29, 0.717) is 23.4 Å². The number of nitrogens with zero attached hydrogens (tertiary/aromatic N) is 3. The fourth-order valence-electron chi connectivity index (χ4n) is 2.37. The highest BCUT2D eigenvalue weighted by Crippen LogP contribution is 2.20. The largest absolute Gasteiger partial charge is 0.370 e. The van der Waals surface area contributed by atoms with Gasteiger partial charge in [-0.15, -0.1) is 0 Å². The number of anilines is 1. The van der Waals surface area contributed by atoms with Gasteiger partial charge in [-0.2, -0.15) is 5.10 Å². The van der Waals surface area contributed by atoms with E-state index >= 15 is 0 Å². The summed E-state index contributed by atoms with van der Waals surface area (Å²) >= 11 is 0. The van der Waals surface area contributed by atoms with Gasteiger partial charge in [0.1, 0.15) is 12.1 Å². The zero-order chi connectivity index (χ0) is 14.0. The van der Waals surface area contributed by atoms with Crippen LogP contribution in [0, 0.1) is 17.8 Å². The summed E-state index contributed by atoms with van der Waals surface area (Å²) in [5, 5.41) is 9.64. The topological polar surface area (TPSA) is 75.1 Å². The monoisotopic (exact) mass is 263 g/mol. The van der Waals surface area contributed by atoms with E-state index in [4.69, 9.17) is 0 Å². The van der Waals surface area contributed by atoms with Gasteiger partial charge in [-0.25, -0.2) is 19.3 Å². The van der Waals surface area contributed by atoms with Gasteiger partial charge in [-0.1, -0.05) is 27.7 Å². The van der Waals surface area contributed by atoms with Crippen molar-refractivity contribution in [3.05, 3.63) is 22.9 Å². The van der Waals surface area contributed by atoms with Crippen molar-refractivity contribution in [1.29, 1.82) is 0 Å². The average molecular weight is 263 g/mol. The first-order valence-corrected chi connectivity index (χ1v) is 6.65. The van der Waals surface area contributed by atoms with Crippen LogP contribution >= 0.6 is 0 Å². The number of nitrogens with one attached hydrogen (secondary N) is 2. The van der Waals surface area contributed by atoms with Crippen molar-refractivity contribution in [2.45, 2.75) is 27.7 Å². The predicted octanol–water partition coefficient (Wildman–Crippen LogP) is 1.76. The van der Waals surface area contributed by atoms with Crippen LogP contribution in [0.2, 0.25) is 0 Å². The molecular weight excluding hydrogens is 242 g/mol. The van der Waals surface area contributed by atoms with Crippen LogP contribution in [0.3, 0.4) is 0 Å². The minimum Gasteiger partial charge on any atom is -0.370 e. The second-order valence-electron chi connectivity index (χ2n) is 5.56. The maximum absolute atomic E-state index is 11.3. The van der Waals surface area contributed by atoms with E-state index in [1.54, 1.807) is 6.07 Å². The molecule has 0 aliphatic rings. The van der Waals surface area contributed by atoms with Gasteiger partial charge in [0.2, 0.25) is 0 Å². The van der Waals surface area contributed by atoms with E-state index in [-0.39, 0.29) is 5.69 Å². The maximum atomic E-state index is 11.3. The third-order valence-electron chi connectivity index (χ3n) is 3.54. The Balaban J connectivity index is 2.11. The Morgan fingerprint density at radius 1 is 1.32 bits per heavy atom. The molecule has 2 rings (SSSR count). The van der Waals surface area contributed by atoms with E-state index in [1.807, 2.05) is 0 Å². The summed E-state index contributed by atoms with van der Waals surface area (Å²) in [5.41, 5.74) is 0.310. The maximum Gasteiger partial charge on any atom is 0.348 e. The van der Waals surface area contributed by atoms with Crippen molar-refractivity contribution in [3.8, 4) is 0 Å². The molecule has 0 bridgehead atoms. The van der Waals surface area contributed by atoms with E-state index < -0.39 is 0 Å². The number of rotatable bonds is 5. The van der Waals surface area contributed by atoms with Gasteiger partial charge in [0.15, 0.2) is 5.65 Å². The van der Waals surface area contributed by atoms with E-state index in [9.17, 15) is 4.79 Å². The molecule has 0 aliphatic heterocycles. The third kappa shape index (κ3) is 2.94. The Kier molecular flexibility index (Phi) is 3.87. The molecule has 6 heteroatoms. The van der Waals surface area contributed by atoms with Crippen LogP contribution in [0.15, 0.2) is 17.2 Å². The van der Waals surface area contributed by atoms with Crippen LogP contribution < -0.4 is 11.0 Å². The molecule has 2 aromatic heterocycles. The van der Waals surface area contributed by atoms with E-state index in [2.05, 4.69) is 48.2 Å². The SMILES string of the molecule is CC(C)C(CNc1cc2n[nH]c(=O)n2cn1)C(C)C. The molecule has 2 aromatic rings. The molecule has 2 heterocycles. The normalized spacial score (nSPS) is 11.9. The Morgan fingerprint density at radius 3 is 2.63 bits per heavy atom. The lowest BCUT2D eigenvalue weighted by atomic mass is 9.85. The molecule has 0 aliphatic carbocycles. The fraction of sp³-hybridized carbons (Fsp3) is 0.615. The van der Waals surface area contributed by atoms with Crippen LogP contribution in [0.25, 0.3) is 5.65 Å². The number of hydrogen-bond acceptors (Lipinski definition) is 4. The van der Waals surface area contributed by atoms with Gasteiger partial charge in [0.25, 0.3) is 0 Å². The third-order valence-corrected chi connectivity index (χ3v) is 3.54. The van der Waals surface area contributed by atoms with Crippen molar-refractivity contribution in [1.82, 2.24) is 19.6 Å². The molecule has 6 nitrogen and oxygen atoms in total. The molecule has 0 fully saturated rings. The lowest BCUT2D eigenvalue weighted by Crippen LogP contribution is -2.25. The predicted molar refractivity (Wildman–Crippen MR) is 75.3 cm³/mol. The van der Waals surface area contributed by atoms with Crippen molar-refractivity contribution >= 4 is 11.5 Å². The molecular formula is C13H21N5O. The molecule has 0 amide bonds. The number of aromatic amines is 1. The summed E-state index contributed by atoms with van der Waals surface area (Å²) in [6.07, 6.45) is 1.49. The van der Waals surface area contributed by atoms with Gasteiger partial charge < -0.3 is 5.32 Å². The number of fused-ring (bicyclic) bond motifs is 1. The highest BCUT2D eigenvalue weighted by Gasteiger charge is 2.17. The second-order valence-corrected chi connectivity index (χ2v) is 5.56. The Hall–Kier alpha value is -1.85. The van der Waals surface area contributed by atoms with Crippen molar-refractivity contribution in [2.24, 2.45) is 17.8 Å². The van der Waals surface area contributed by atoms with Crippen molar-refractivity contribution < 1.29 is 0 Å². The van der Waals surface area contributed by atoms with Crippen LogP contribution in [0.4, 0.5) is 5.82 Å². The fourth-order valence-corrected chi connectivity index (χ4v) is 2.37. The molecule has 0 saturated carbocycles. The van der Waals surface area contributed by atoms with Gasteiger partial charge in [0, 0.05) is 12.6 Å². The molecule has 0 saturated heterocycles. The lowest BCUT2D eigenvalue weighted by molar-refractivity contribution is 0.304. The second kappa shape index (κ2) is 5.42. The molecule has 19 heavy (non-hydrogen) atoms. The molecule has 0 unspecified atom stereocenters. The Morgan fingerprint density at radius 2 is 2.00 bits per heavy atom. The minimum atomic E-state index is -0.267. The van der Waals surface area contributed by atoms with Crippen LogP contribution in [0.1, 0.15) is 27.7 Å². The first-order valence-electron chi connectivity index (χ1n) is 6.65. The molecule has 104 valence electrons. The molecule has 0 radical (unpaired) electrons. The number of hydrogen-bond donors (Lipinski definition) is 2. The zero-order valence-electron chi connectivity index (χ0n) is 11.8. The minimum absolute atomic E-state index is 0.267. The van der Waals surface area contributed by atoms with Crippen molar-refractivity contribution in [2.75, 3.05) is 11.9 Å². The summed E-state index contributed by atoms with van der Waals surface area (Å²) in [6, 6.07) is 1.77. The van der Waals surface area contributed by atoms with E-state index in [1.165, 1.54) is 10.7 Å².